The van der Waals surface area contributed by atoms with Crippen molar-refractivity contribution in [2.75, 3.05) is 54.5 Å². The van der Waals surface area contributed by atoms with Crippen LogP contribution in [0, 0.1) is 18.7 Å². The number of ether oxygens (including phenoxy) is 1. The molecule has 2 fully saturated rings. The van der Waals surface area contributed by atoms with Gasteiger partial charge in [0.05, 0.1) is 31.3 Å². The van der Waals surface area contributed by atoms with Crippen LogP contribution in [0.2, 0.25) is 0 Å². The summed E-state index contributed by atoms with van der Waals surface area (Å²) >= 11 is 0. The predicted octanol–water partition coefficient (Wildman–Crippen LogP) is 2.62. The van der Waals surface area contributed by atoms with Crippen LogP contribution < -0.4 is 15.1 Å². The van der Waals surface area contributed by atoms with E-state index < -0.39 is 0 Å². The first-order valence-corrected chi connectivity index (χ1v) is 10.1. The minimum absolute atomic E-state index is 0.0442. The third-order valence-electron chi connectivity index (χ3n) is 5.67. The van der Waals surface area contributed by atoms with Crippen molar-refractivity contribution in [1.82, 2.24) is 9.97 Å². The number of benzene rings is 1. The molecule has 0 atom stereocenters. The van der Waals surface area contributed by atoms with Crippen LogP contribution >= 0.6 is 0 Å². The summed E-state index contributed by atoms with van der Waals surface area (Å²) in [5.41, 5.74) is 1.99. The molecule has 154 valence electrons. The summed E-state index contributed by atoms with van der Waals surface area (Å²) in [4.78, 5) is 25.9. The van der Waals surface area contributed by atoms with Gasteiger partial charge in [0, 0.05) is 43.3 Å². The molecule has 2 aromatic rings. The Bertz CT molecular complexity index is 847. The minimum Gasteiger partial charge on any atom is -0.378 e. The van der Waals surface area contributed by atoms with Gasteiger partial charge in [0.1, 0.15) is 5.82 Å². The number of carbonyl (C=O) groups excluding carboxylic acids is 1. The highest BCUT2D eigenvalue weighted by Crippen LogP contribution is 2.25. The van der Waals surface area contributed by atoms with E-state index in [9.17, 15) is 9.18 Å². The topological polar surface area (TPSA) is 70.6 Å². The Morgan fingerprint density at radius 1 is 1.10 bits per heavy atom. The molecule has 0 unspecified atom stereocenters. The van der Waals surface area contributed by atoms with Gasteiger partial charge in [0.15, 0.2) is 0 Å². The van der Waals surface area contributed by atoms with Gasteiger partial charge in [-0.3, -0.25) is 4.79 Å². The van der Waals surface area contributed by atoms with Gasteiger partial charge in [-0.2, -0.15) is 0 Å². The van der Waals surface area contributed by atoms with Crippen molar-refractivity contribution in [2.45, 2.75) is 19.8 Å². The van der Waals surface area contributed by atoms with Crippen LogP contribution in [0.15, 0.2) is 30.6 Å². The molecule has 8 heteroatoms. The van der Waals surface area contributed by atoms with Crippen molar-refractivity contribution in [1.29, 1.82) is 0 Å². The molecule has 1 N–H and O–H groups in total. The van der Waals surface area contributed by atoms with E-state index in [0.717, 1.165) is 50.7 Å². The van der Waals surface area contributed by atoms with Gasteiger partial charge in [-0.15, -0.1) is 0 Å². The lowest BCUT2D eigenvalue weighted by Crippen LogP contribution is -2.39. The molecule has 0 saturated carbocycles. The van der Waals surface area contributed by atoms with Crippen LogP contribution in [-0.2, 0) is 9.53 Å². The summed E-state index contributed by atoms with van der Waals surface area (Å²) in [6.45, 7) is 6.23. The van der Waals surface area contributed by atoms with Crippen LogP contribution in [0.25, 0.3) is 0 Å². The van der Waals surface area contributed by atoms with Crippen LogP contribution in [0.4, 0.5) is 21.7 Å². The van der Waals surface area contributed by atoms with Crippen molar-refractivity contribution in [2.24, 2.45) is 5.92 Å². The molecule has 0 spiro atoms. The average molecular weight is 399 g/mol. The number of morpholine rings is 1. The lowest BCUT2D eigenvalue weighted by atomic mass is 9.95. The molecule has 1 amide bonds. The zero-order valence-corrected chi connectivity index (χ0v) is 16.6. The fourth-order valence-corrected chi connectivity index (χ4v) is 3.78. The van der Waals surface area contributed by atoms with E-state index in [-0.39, 0.29) is 17.6 Å². The lowest BCUT2D eigenvalue weighted by Gasteiger charge is -2.33. The fraction of sp³-hybridized carbons (Fsp3) is 0.476. The second-order valence-electron chi connectivity index (χ2n) is 7.50. The van der Waals surface area contributed by atoms with E-state index in [1.165, 1.54) is 6.07 Å². The zero-order chi connectivity index (χ0) is 20.2. The number of hydrogen-bond donors (Lipinski definition) is 1. The SMILES string of the molecule is Cc1c(F)cccc1NC(=O)C1CCN(c2cnc(N3CCOCC3)nc2)CC1. The van der Waals surface area contributed by atoms with Crippen LogP contribution in [0.3, 0.4) is 0 Å². The number of piperidine rings is 1. The number of halogens is 1. The maximum absolute atomic E-state index is 13.7. The Morgan fingerprint density at radius 2 is 1.79 bits per heavy atom. The highest BCUT2D eigenvalue weighted by atomic mass is 19.1. The monoisotopic (exact) mass is 399 g/mol. The summed E-state index contributed by atoms with van der Waals surface area (Å²) in [7, 11) is 0. The third-order valence-corrected chi connectivity index (χ3v) is 5.67. The van der Waals surface area contributed by atoms with Crippen molar-refractivity contribution in [3.63, 3.8) is 0 Å². The zero-order valence-electron chi connectivity index (χ0n) is 16.6. The standard InChI is InChI=1S/C21H26FN5O2/c1-15-18(22)3-2-4-19(15)25-20(28)16-5-7-26(8-6-16)17-13-23-21(24-14-17)27-9-11-29-12-10-27/h2-4,13-14,16H,5-12H2,1H3,(H,25,28). The molecule has 0 radical (unpaired) electrons. The maximum Gasteiger partial charge on any atom is 0.227 e. The molecule has 2 aliphatic heterocycles. The summed E-state index contributed by atoms with van der Waals surface area (Å²) in [5.74, 6) is 0.301. The Kier molecular flexibility index (Phi) is 5.89. The molecule has 2 aliphatic rings. The number of carbonyl (C=O) groups is 1. The second-order valence-corrected chi connectivity index (χ2v) is 7.50. The van der Waals surface area contributed by atoms with Gasteiger partial charge in [-0.1, -0.05) is 6.07 Å². The molecule has 29 heavy (non-hydrogen) atoms. The van der Waals surface area contributed by atoms with Crippen molar-refractivity contribution >= 4 is 23.2 Å². The maximum atomic E-state index is 13.7. The molecule has 2 saturated heterocycles. The molecule has 4 rings (SSSR count). The average Bonchev–Trinajstić information content (AvgIpc) is 2.78. The number of amides is 1. The molecular weight excluding hydrogens is 373 g/mol. The fourth-order valence-electron chi connectivity index (χ4n) is 3.78. The Labute approximate surface area is 169 Å². The predicted molar refractivity (Wildman–Crippen MR) is 110 cm³/mol. The van der Waals surface area contributed by atoms with Crippen LogP contribution in [0.1, 0.15) is 18.4 Å². The van der Waals surface area contributed by atoms with Gasteiger partial charge in [0.2, 0.25) is 11.9 Å². The largest absolute Gasteiger partial charge is 0.378 e. The normalized spacial score (nSPS) is 18.0. The van der Waals surface area contributed by atoms with E-state index in [0.29, 0.717) is 24.5 Å². The number of hydrogen-bond acceptors (Lipinski definition) is 6. The van der Waals surface area contributed by atoms with E-state index in [1.807, 2.05) is 12.4 Å². The first-order chi connectivity index (χ1) is 14.1. The van der Waals surface area contributed by atoms with Gasteiger partial charge in [-0.05, 0) is 31.9 Å². The molecular formula is C21H26FN5O2. The smallest absolute Gasteiger partial charge is 0.227 e. The molecule has 7 nitrogen and oxygen atoms in total. The highest BCUT2D eigenvalue weighted by Gasteiger charge is 2.26. The number of aromatic nitrogens is 2. The van der Waals surface area contributed by atoms with Gasteiger partial charge >= 0.3 is 0 Å². The Morgan fingerprint density at radius 3 is 2.48 bits per heavy atom. The summed E-state index contributed by atoms with van der Waals surface area (Å²) in [6.07, 6.45) is 5.19. The minimum atomic E-state index is -0.307. The first-order valence-electron chi connectivity index (χ1n) is 10.1. The molecule has 1 aromatic heterocycles. The van der Waals surface area contributed by atoms with E-state index >= 15 is 0 Å². The van der Waals surface area contributed by atoms with Crippen LogP contribution in [-0.4, -0.2) is 55.3 Å². The summed E-state index contributed by atoms with van der Waals surface area (Å²) in [5, 5.41) is 2.88. The first kappa shape index (κ1) is 19.6. The Hall–Kier alpha value is -2.74. The lowest BCUT2D eigenvalue weighted by molar-refractivity contribution is -0.120. The quantitative estimate of drug-likeness (QED) is 0.852. The molecule has 0 bridgehead atoms. The molecule has 3 heterocycles. The van der Waals surface area contributed by atoms with Crippen molar-refractivity contribution in [3.05, 3.63) is 42.0 Å². The third kappa shape index (κ3) is 4.48. The number of nitrogens with one attached hydrogen (secondary N) is 1. The van der Waals surface area contributed by atoms with E-state index in [4.69, 9.17) is 4.74 Å². The van der Waals surface area contributed by atoms with Crippen LogP contribution in [0.5, 0.6) is 0 Å². The Balaban J connectivity index is 1.32. The van der Waals surface area contributed by atoms with Crippen molar-refractivity contribution in [3.8, 4) is 0 Å². The van der Waals surface area contributed by atoms with Gasteiger partial charge in [0.25, 0.3) is 0 Å². The molecule has 1 aromatic carbocycles. The van der Waals surface area contributed by atoms with Crippen molar-refractivity contribution < 1.29 is 13.9 Å². The van der Waals surface area contributed by atoms with Gasteiger partial charge < -0.3 is 19.9 Å². The van der Waals surface area contributed by atoms with Gasteiger partial charge in [-0.25, -0.2) is 14.4 Å². The second kappa shape index (κ2) is 8.73. The summed E-state index contributed by atoms with van der Waals surface area (Å²) in [6, 6.07) is 4.75. The molecule has 0 aliphatic carbocycles. The van der Waals surface area contributed by atoms with E-state index in [1.54, 1.807) is 19.1 Å². The number of anilines is 3. The number of rotatable bonds is 4. The van der Waals surface area contributed by atoms with E-state index in [2.05, 4.69) is 25.1 Å². The highest BCUT2D eigenvalue weighted by molar-refractivity contribution is 5.93. The number of nitrogens with zero attached hydrogens (tertiary/aromatic N) is 4. The summed E-state index contributed by atoms with van der Waals surface area (Å²) < 4.78 is 19.0.